The summed E-state index contributed by atoms with van der Waals surface area (Å²) in [6.45, 7) is 5.49. The van der Waals surface area contributed by atoms with Gasteiger partial charge in [0.25, 0.3) is 0 Å². The van der Waals surface area contributed by atoms with Crippen LogP contribution in [0.2, 0.25) is 0 Å². The average Bonchev–Trinajstić information content (AvgIpc) is 2.17. The highest BCUT2D eigenvalue weighted by molar-refractivity contribution is 5.84. The molecule has 1 N–H and O–H groups in total. The fourth-order valence-corrected chi connectivity index (χ4v) is 0.943. The van der Waals surface area contributed by atoms with E-state index in [0.717, 1.165) is 5.69 Å². The van der Waals surface area contributed by atoms with Gasteiger partial charge in [-0.15, -0.1) is 0 Å². The molecule has 17 heavy (non-hydrogen) atoms. The third kappa shape index (κ3) is 8.84. The predicted molar refractivity (Wildman–Crippen MR) is 61.3 cm³/mol. The monoisotopic (exact) mass is 237 g/mol. The molecule has 1 aromatic carbocycles. The lowest BCUT2D eigenvalue weighted by molar-refractivity contribution is -0.191. The topological polar surface area (TPSA) is 72.5 Å². The molecule has 1 aromatic rings. The fraction of sp³-hybridized carbons (Fsp3) is 0.333. The highest BCUT2D eigenvalue weighted by atomic mass is 16.6. The van der Waals surface area contributed by atoms with E-state index < -0.39 is 11.7 Å². The summed E-state index contributed by atoms with van der Waals surface area (Å²) in [6.07, 6.45) is -0.177. The first-order chi connectivity index (χ1) is 7.89. The maximum absolute atomic E-state index is 11.3. The third-order valence-electron chi connectivity index (χ3n) is 1.42. The first kappa shape index (κ1) is 14.9. The summed E-state index contributed by atoms with van der Waals surface area (Å²) in [7, 11) is 0. The van der Waals surface area contributed by atoms with Gasteiger partial charge >= 0.3 is 12.2 Å². The number of para-hydroxylation sites is 1. The molecule has 0 heterocycles. The molecule has 1 amide bonds. The molecule has 0 bridgehead atoms. The van der Waals surface area contributed by atoms with Gasteiger partial charge < -0.3 is 4.74 Å². The van der Waals surface area contributed by atoms with Gasteiger partial charge in [0, 0.05) is 5.69 Å². The molecule has 1 rings (SSSR count). The number of carbonyl (C=O) groups is 1. The van der Waals surface area contributed by atoms with E-state index in [2.05, 4.69) is 5.32 Å². The van der Waals surface area contributed by atoms with Crippen molar-refractivity contribution in [3.05, 3.63) is 30.3 Å². The summed E-state index contributed by atoms with van der Waals surface area (Å²) in [5, 5.41) is 2.64. The van der Waals surface area contributed by atoms with Crippen molar-refractivity contribution in [1.29, 1.82) is 0 Å². The standard InChI is InChI=1S/C11H15NO2.CO2/c1-11(2,3)14-10(13)12-9-7-5-4-6-8-9;2-1-3/h4-8H,1-3H3,(H,12,13);. The second-order valence-corrected chi connectivity index (χ2v) is 4.08. The van der Waals surface area contributed by atoms with Crippen molar-refractivity contribution in [2.24, 2.45) is 0 Å². The molecular weight excluding hydrogens is 222 g/mol. The van der Waals surface area contributed by atoms with Gasteiger partial charge in [0.1, 0.15) is 5.60 Å². The van der Waals surface area contributed by atoms with Gasteiger partial charge in [-0.05, 0) is 32.9 Å². The zero-order valence-corrected chi connectivity index (χ0v) is 10.0. The van der Waals surface area contributed by atoms with Gasteiger partial charge in [-0.2, -0.15) is 9.59 Å². The number of rotatable bonds is 1. The third-order valence-corrected chi connectivity index (χ3v) is 1.42. The van der Waals surface area contributed by atoms with E-state index in [-0.39, 0.29) is 6.15 Å². The van der Waals surface area contributed by atoms with E-state index in [9.17, 15) is 4.79 Å². The van der Waals surface area contributed by atoms with Crippen molar-refractivity contribution in [2.75, 3.05) is 5.32 Å². The Morgan fingerprint density at radius 3 is 2.06 bits per heavy atom. The summed E-state index contributed by atoms with van der Waals surface area (Å²) >= 11 is 0. The molecule has 0 aliphatic heterocycles. The summed E-state index contributed by atoms with van der Waals surface area (Å²) in [5.74, 6) is 0. The summed E-state index contributed by atoms with van der Waals surface area (Å²) in [4.78, 5) is 27.5. The number of amides is 1. The van der Waals surface area contributed by atoms with Crippen molar-refractivity contribution in [1.82, 2.24) is 0 Å². The van der Waals surface area contributed by atoms with E-state index in [1.165, 1.54) is 0 Å². The first-order valence-electron chi connectivity index (χ1n) is 4.93. The minimum Gasteiger partial charge on any atom is -0.444 e. The number of ether oxygens (including phenoxy) is 1. The van der Waals surface area contributed by atoms with Crippen LogP contribution in [0.15, 0.2) is 30.3 Å². The Bertz CT molecular complexity index is 375. The Hall–Kier alpha value is -2.13. The second kappa shape index (κ2) is 7.19. The number of anilines is 1. The second-order valence-electron chi connectivity index (χ2n) is 4.08. The van der Waals surface area contributed by atoms with Crippen LogP contribution < -0.4 is 5.32 Å². The molecule has 0 atom stereocenters. The van der Waals surface area contributed by atoms with Crippen molar-refractivity contribution in [3.63, 3.8) is 0 Å². The lowest BCUT2D eigenvalue weighted by Crippen LogP contribution is -2.27. The molecule has 0 aromatic heterocycles. The molecule has 0 spiro atoms. The van der Waals surface area contributed by atoms with Crippen LogP contribution in [0.25, 0.3) is 0 Å². The summed E-state index contributed by atoms with van der Waals surface area (Å²) in [5.41, 5.74) is 0.278. The molecule has 5 nitrogen and oxygen atoms in total. The number of hydrogen-bond acceptors (Lipinski definition) is 4. The van der Waals surface area contributed by atoms with Crippen LogP contribution >= 0.6 is 0 Å². The van der Waals surface area contributed by atoms with Crippen LogP contribution in [0.5, 0.6) is 0 Å². The molecule has 0 unspecified atom stereocenters. The zero-order valence-electron chi connectivity index (χ0n) is 10.0. The lowest BCUT2D eigenvalue weighted by atomic mass is 10.2. The van der Waals surface area contributed by atoms with Crippen molar-refractivity contribution in [3.8, 4) is 0 Å². The van der Waals surface area contributed by atoms with Gasteiger partial charge in [0.05, 0.1) is 0 Å². The molecule has 5 heteroatoms. The fourth-order valence-electron chi connectivity index (χ4n) is 0.943. The van der Waals surface area contributed by atoms with Crippen LogP contribution in [0.4, 0.5) is 10.5 Å². The Kier molecular flexibility index (Phi) is 6.29. The van der Waals surface area contributed by atoms with Crippen molar-refractivity contribution in [2.45, 2.75) is 26.4 Å². The summed E-state index contributed by atoms with van der Waals surface area (Å²) in [6, 6.07) is 9.22. The van der Waals surface area contributed by atoms with Crippen molar-refractivity contribution >= 4 is 17.9 Å². The Labute approximate surface area is 99.8 Å². The summed E-state index contributed by atoms with van der Waals surface area (Å²) < 4.78 is 5.09. The molecule has 0 radical (unpaired) electrons. The predicted octanol–water partition coefficient (Wildman–Crippen LogP) is 2.45. The van der Waals surface area contributed by atoms with E-state index in [4.69, 9.17) is 14.3 Å². The molecule has 0 fully saturated rings. The van der Waals surface area contributed by atoms with Gasteiger partial charge in [-0.3, -0.25) is 5.32 Å². The minimum absolute atomic E-state index is 0.250. The Morgan fingerprint density at radius 2 is 1.65 bits per heavy atom. The minimum atomic E-state index is -0.459. The molecule has 0 aliphatic rings. The van der Waals surface area contributed by atoms with E-state index in [1.54, 1.807) is 0 Å². The van der Waals surface area contributed by atoms with Crippen LogP contribution in [0.1, 0.15) is 20.8 Å². The van der Waals surface area contributed by atoms with Crippen LogP contribution in [0, 0.1) is 0 Å². The molecule has 92 valence electrons. The maximum atomic E-state index is 11.3. The van der Waals surface area contributed by atoms with Gasteiger partial charge in [0.2, 0.25) is 0 Å². The highest BCUT2D eigenvalue weighted by Gasteiger charge is 2.15. The van der Waals surface area contributed by atoms with Crippen LogP contribution in [0.3, 0.4) is 0 Å². The molecule has 0 saturated carbocycles. The maximum Gasteiger partial charge on any atom is 0.412 e. The SMILES string of the molecule is CC(C)(C)OC(=O)Nc1ccccc1.O=C=O. The average molecular weight is 237 g/mol. The van der Waals surface area contributed by atoms with Gasteiger partial charge in [0.15, 0.2) is 0 Å². The quantitative estimate of drug-likeness (QED) is 0.814. The number of nitrogens with one attached hydrogen (secondary N) is 1. The molecule has 0 saturated heterocycles. The molecular formula is C12H15NO4. The smallest absolute Gasteiger partial charge is 0.412 e. The Balaban J connectivity index is 0.000000770. The molecule has 0 aliphatic carbocycles. The number of benzene rings is 1. The first-order valence-corrected chi connectivity index (χ1v) is 4.93. The van der Waals surface area contributed by atoms with Crippen LogP contribution in [-0.4, -0.2) is 17.8 Å². The highest BCUT2D eigenvalue weighted by Crippen LogP contribution is 2.10. The lowest BCUT2D eigenvalue weighted by Gasteiger charge is -2.19. The van der Waals surface area contributed by atoms with Gasteiger partial charge in [-0.1, -0.05) is 18.2 Å². The van der Waals surface area contributed by atoms with E-state index in [1.807, 2.05) is 51.1 Å². The van der Waals surface area contributed by atoms with E-state index in [0.29, 0.717) is 0 Å². The largest absolute Gasteiger partial charge is 0.444 e. The number of carbonyl (C=O) groups excluding carboxylic acids is 3. The van der Waals surface area contributed by atoms with Gasteiger partial charge in [-0.25, -0.2) is 4.79 Å². The number of hydrogen-bond donors (Lipinski definition) is 1. The van der Waals surface area contributed by atoms with Crippen molar-refractivity contribution < 1.29 is 19.1 Å². The van der Waals surface area contributed by atoms with E-state index >= 15 is 0 Å². The zero-order chi connectivity index (χ0) is 13.3. The normalized spacial score (nSPS) is 9.35. The van der Waals surface area contributed by atoms with Crippen LogP contribution in [-0.2, 0) is 14.3 Å². The Morgan fingerprint density at radius 1 is 1.18 bits per heavy atom.